The summed E-state index contributed by atoms with van der Waals surface area (Å²) in [7, 11) is 0. The minimum Gasteiger partial charge on any atom is -0.324 e. The van der Waals surface area contributed by atoms with Gasteiger partial charge in [0.05, 0.1) is 11.8 Å². The van der Waals surface area contributed by atoms with Gasteiger partial charge in [-0.05, 0) is 37.5 Å². The molecular formula is C17H19FN2O3. The van der Waals surface area contributed by atoms with Crippen LogP contribution in [0.25, 0.3) is 0 Å². The topological polar surface area (TPSA) is 66.5 Å². The van der Waals surface area contributed by atoms with Gasteiger partial charge in [-0.1, -0.05) is 18.9 Å². The molecule has 0 aromatic heterocycles. The molecule has 0 bridgehead atoms. The number of amides is 3. The van der Waals surface area contributed by atoms with Crippen LogP contribution in [0.15, 0.2) is 18.2 Å². The number of halogens is 1. The minimum absolute atomic E-state index is 0.245. The minimum atomic E-state index is -0.492. The number of nitrogens with one attached hydrogen (secondary N) is 1. The number of aryl methyl sites for hydroxylation is 1. The van der Waals surface area contributed by atoms with E-state index >= 15 is 0 Å². The van der Waals surface area contributed by atoms with Crippen LogP contribution in [0.3, 0.4) is 0 Å². The summed E-state index contributed by atoms with van der Waals surface area (Å²) in [4.78, 5) is 37.7. The van der Waals surface area contributed by atoms with Crippen molar-refractivity contribution in [3.8, 4) is 0 Å². The lowest BCUT2D eigenvalue weighted by Crippen LogP contribution is -2.38. The molecule has 122 valence electrons. The number of hydrogen-bond acceptors (Lipinski definition) is 3. The number of imide groups is 1. The van der Waals surface area contributed by atoms with Crippen molar-refractivity contribution in [1.29, 1.82) is 0 Å². The van der Waals surface area contributed by atoms with Crippen LogP contribution in [-0.2, 0) is 14.4 Å². The Kier molecular flexibility index (Phi) is 4.15. The number of hydrogen-bond donors (Lipinski definition) is 1. The number of fused-ring (bicyclic) bond motifs is 1. The first-order chi connectivity index (χ1) is 11.0. The smallest absolute Gasteiger partial charge is 0.244 e. The molecule has 1 heterocycles. The Morgan fingerprint density at radius 2 is 1.83 bits per heavy atom. The largest absolute Gasteiger partial charge is 0.324 e. The predicted molar refractivity (Wildman–Crippen MR) is 81.9 cm³/mol. The van der Waals surface area contributed by atoms with Gasteiger partial charge in [-0.15, -0.1) is 0 Å². The Bertz CT molecular complexity index is 650. The molecule has 23 heavy (non-hydrogen) atoms. The summed E-state index contributed by atoms with van der Waals surface area (Å²) in [5, 5.41) is 2.53. The predicted octanol–water partition coefficient (Wildman–Crippen LogP) is 2.25. The van der Waals surface area contributed by atoms with Crippen molar-refractivity contribution in [1.82, 2.24) is 4.90 Å². The van der Waals surface area contributed by atoms with Crippen molar-refractivity contribution >= 4 is 23.4 Å². The number of carbonyl (C=O) groups is 3. The normalized spacial score (nSPS) is 23.8. The van der Waals surface area contributed by atoms with Gasteiger partial charge in [-0.3, -0.25) is 19.3 Å². The van der Waals surface area contributed by atoms with E-state index in [1.165, 1.54) is 6.07 Å². The van der Waals surface area contributed by atoms with Crippen molar-refractivity contribution in [3.05, 3.63) is 29.6 Å². The third kappa shape index (κ3) is 2.98. The zero-order valence-corrected chi connectivity index (χ0v) is 13.0. The highest BCUT2D eigenvalue weighted by atomic mass is 19.1. The fourth-order valence-electron chi connectivity index (χ4n) is 3.40. The molecule has 6 heteroatoms. The standard InChI is InChI=1S/C17H19FN2O3/c1-10-6-7-11(8-14(10)18)19-15(21)9-20-16(22)12-4-2-3-5-13(12)17(20)23/h6-8,12-13H,2-5,9H2,1H3,(H,19,21)/t12-,13-/m0/s1. The average Bonchev–Trinajstić information content (AvgIpc) is 2.76. The highest BCUT2D eigenvalue weighted by Crippen LogP contribution is 2.37. The van der Waals surface area contributed by atoms with Gasteiger partial charge in [0.1, 0.15) is 12.4 Å². The molecule has 2 atom stereocenters. The Balaban J connectivity index is 1.66. The zero-order valence-electron chi connectivity index (χ0n) is 13.0. The van der Waals surface area contributed by atoms with E-state index in [0.717, 1.165) is 30.6 Å². The number of benzene rings is 1. The maximum Gasteiger partial charge on any atom is 0.244 e. The Morgan fingerprint density at radius 1 is 1.22 bits per heavy atom. The fraction of sp³-hybridized carbons (Fsp3) is 0.471. The fourth-order valence-corrected chi connectivity index (χ4v) is 3.40. The second-order valence-electron chi connectivity index (χ2n) is 6.27. The van der Waals surface area contributed by atoms with Gasteiger partial charge in [-0.2, -0.15) is 0 Å². The highest BCUT2D eigenvalue weighted by Gasteiger charge is 2.48. The van der Waals surface area contributed by atoms with Crippen molar-refractivity contribution in [2.45, 2.75) is 32.6 Å². The van der Waals surface area contributed by atoms with Gasteiger partial charge >= 0.3 is 0 Å². The molecule has 1 aromatic carbocycles. The first-order valence-electron chi connectivity index (χ1n) is 7.88. The highest BCUT2D eigenvalue weighted by molar-refractivity contribution is 6.08. The van der Waals surface area contributed by atoms with Crippen molar-refractivity contribution < 1.29 is 18.8 Å². The van der Waals surface area contributed by atoms with Crippen molar-refractivity contribution in [2.24, 2.45) is 11.8 Å². The summed E-state index contributed by atoms with van der Waals surface area (Å²) < 4.78 is 13.5. The van der Waals surface area contributed by atoms with E-state index < -0.39 is 11.7 Å². The van der Waals surface area contributed by atoms with E-state index in [4.69, 9.17) is 0 Å². The maximum absolute atomic E-state index is 13.5. The molecule has 1 N–H and O–H groups in total. The number of carbonyl (C=O) groups excluding carboxylic acids is 3. The lowest BCUT2D eigenvalue weighted by Gasteiger charge is -2.19. The van der Waals surface area contributed by atoms with Gasteiger partial charge in [0.15, 0.2) is 0 Å². The summed E-state index contributed by atoms with van der Waals surface area (Å²) in [6.07, 6.45) is 3.33. The van der Waals surface area contributed by atoms with Crippen LogP contribution >= 0.6 is 0 Å². The molecule has 0 radical (unpaired) electrons. The van der Waals surface area contributed by atoms with E-state index in [-0.39, 0.29) is 30.2 Å². The van der Waals surface area contributed by atoms with Crippen LogP contribution in [-0.4, -0.2) is 29.2 Å². The van der Waals surface area contributed by atoms with Crippen LogP contribution in [0.1, 0.15) is 31.2 Å². The van der Waals surface area contributed by atoms with E-state index in [1.807, 2.05) is 0 Å². The summed E-state index contributed by atoms with van der Waals surface area (Å²) in [6.45, 7) is 1.32. The van der Waals surface area contributed by atoms with Gasteiger partial charge in [-0.25, -0.2) is 4.39 Å². The van der Waals surface area contributed by atoms with Gasteiger partial charge < -0.3 is 5.32 Å². The quantitative estimate of drug-likeness (QED) is 0.869. The summed E-state index contributed by atoms with van der Waals surface area (Å²) in [6, 6.07) is 4.37. The second-order valence-corrected chi connectivity index (χ2v) is 6.27. The lowest BCUT2D eigenvalue weighted by atomic mass is 9.81. The van der Waals surface area contributed by atoms with E-state index in [0.29, 0.717) is 11.3 Å². The number of rotatable bonds is 3. The zero-order chi connectivity index (χ0) is 16.6. The molecule has 5 nitrogen and oxygen atoms in total. The van der Waals surface area contributed by atoms with E-state index in [9.17, 15) is 18.8 Å². The Morgan fingerprint density at radius 3 is 2.39 bits per heavy atom. The van der Waals surface area contributed by atoms with Crippen LogP contribution in [0.4, 0.5) is 10.1 Å². The monoisotopic (exact) mass is 318 g/mol. The molecule has 0 unspecified atom stereocenters. The number of anilines is 1. The van der Waals surface area contributed by atoms with Crippen molar-refractivity contribution in [3.63, 3.8) is 0 Å². The van der Waals surface area contributed by atoms with Gasteiger partial charge in [0.25, 0.3) is 0 Å². The molecule has 2 aliphatic rings. The third-order valence-corrected chi connectivity index (χ3v) is 4.69. The molecule has 1 saturated carbocycles. The average molecular weight is 318 g/mol. The van der Waals surface area contributed by atoms with Gasteiger partial charge in [0, 0.05) is 5.69 Å². The summed E-state index contributed by atoms with van der Waals surface area (Å²) in [5.41, 5.74) is 0.798. The molecular weight excluding hydrogens is 299 g/mol. The summed E-state index contributed by atoms with van der Waals surface area (Å²) >= 11 is 0. The maximum atomic E-state index is 13.5. The molecule has 1 aliphatic heterocycles. The summed E-state index contributed by atoms with van der Waals surface area (Å²) in [5.74, 6) is -1.92. The van der Waals surface area contributed by atoms with Crippen molar-refractivity contribution in [2.75, 3.05) is 11.9 Å². The molecule has 3 amide bonds. The molecule has 3 rings (SSSR count). The Hall–Kier alpha value is -2.24. The van der Waals surface area contributed by atoms with Crippen LogP contribution in [0, 0.1) is 24.6 Å². The number of likely N-dealkylation sites (tertiary alicyclic amines) is 1. The molecule has 1 aliphatic carbocycles. The SMILES string of the molecule is Cc1ccc(NC(=O)CN2C(=O)[C@H]3CCCC[C@@H]3C2=O)cc1F. The molecule has 0 spiro atoms. The van der Waals surface area contributed by atoms with Gasteiger partial charge in [0.2, 0.25) is 17.7 Å². The van der Waals surface area contributed by atoms with Crippen LogP contribution < -0.4 is 5.32 Å². The van der Waals surface area contributed by atoms with Crippen LogP contribution in [0.5, 0.6) is 0 Å². The first kappa shape index (κ1) is 15.6. The molecule has 1 aromatic rings. The third-order valence-electron chi connectivity index (χ3n) is 4.69. The van der Waals surface area contributed by atoms with E-state index in [2.05, 4.69) is 5.32 Å². The lowest BCUT2D eigenvalue weighted by molar-refractivity contribution is -0.142. The van der Waals surface area contributed by atoms with Crippen LogP contribution in [0.2, 0.25) is 0 Å². The number of nitrogens with zero attached hydrogens (tertiary/aromatic N) is 1. The molecule has 1 saturated heterocycles. The second kappa shape index (κ2) is 6.10. The Labute approximate surface area is 133 Å². The first-order valence-corrected chi connectivity index (χ1v) is 7.88. The molecule has 2 fully saturated rings. The van der Waals surface area contributed by atoms with E-state index in [1.54, 1.807) is 19.1 Å².